The number of ether oxygens (including phenoxy) is 1. The SMILES string of the molecule is O=C(CC1CCC1)c1cc(Cl)c(F)c(C(=O)CNS(=O)(=O)C2CCOCC2)c1. The van der Waals surface area contributed by atoms with Crippen LogP contribution in [0.1, 0.15) is 59.2 Å². The standard InChI is InChI=1S/C19H23ClFNO5S/c20-16-10-13(17(23)8-12-2-1-3-12)9-15(19(16)21)18(24)11-22-28(25,26)14-4-6-27-7-5-14/h9-10,12,14,22H,1-8,11H2. The summed E-state index contributed by atoms with van der Waals surface area (Å²) in [5.74, 6) is -1.59. The molecule has 0 radical (unpaired) electrons. The summed E-state index contributed by atoms with van der Waals surface area (Å²) in [5, 5.41) is -0.965. The van der Waals surface area contributed by atoms with Crippen LogP contribution in [-0.2, 0) is 14.8 Å². The fraction of sp³-hybridized carbons (Fsp3) is 0.579. The summed E-state index contributed by atoms with van der Waals surface area (Å²) in [7, 11) is -3.72. The van der Waals surface area contributed by atoms with Crippen molar-refractivity contribution in [3.8, 4) is 0 Å². The second kappa shape index (κ2) is 8.98. The third-order valence-electron chi connectivity index (χ3n) is 5.39. The lowest BCUT2D eigenvalue weighted by molar-refractivity contribution is 0.0936. The molecule has 9 heteroatoms. The lowest BCUT2D eigenvalue weighted by Crippen LogP contribution is -2.40. The summed E-state index contributed by atoms with van der Waals surface area (Å²) < 4.78 is 46.4. The number of sulfonamides is 1. The first-order valence-electron chi connectivity index (χ1n) is 9.39. The Hall–Kier alpha value is -1.35. The van der Waals surface area contributed by atoms with Crippen LogP contribution >= 0.6 is 11.6 Å². The molecule has 1 heterocycles. The van der Waals surface area contributed by atoms with Gasteiger partial charge in [0.2, 0.25) is 10.0 Å². The molecule has 154 valence electrons. The molecule has 1 N–H and O–H groups in total. The average molecular weight is 432 g/mol. The number of nitrogens with one attached hydrogen (secondary N) is 1. The highest BCUT2D eigenvalue weighted by atomic mass is 35.5. The van der Waals surface area contributed by atoms with Crippen LogP contribution in [0.15, 0.2) is 12.1 Å². The van der Waals surface area contributed by atoms with Crippen molar-refractivity contribution >= 4 is 33.2 Å². The highest BCUT2D eigenvalue weighted by Crippen LogP contribution is 2.31. The van der Waals surface area contributed by atoms with Gasteiger partial charge in [-0.25, -0.2) is 17.5 Å². The maximum Gasteiger partial charge on any atom is 0.215 e. The van der Waals surface area contributed by atoms with E-state index in [1.165, 1.54) is 12.1 Å². The largest absolute Gasteiger partial charge is 0.381 e. The molecule has 2 aliphatic rings. The molecule has 28 heavy (non-hydrogen) atoms. The highest BCUT2D eigenvalue weighted by Gasteiger charge is 2.29. The van der Waals surface area contributed by atoms with Crippen LogP contribution in [0.3, 0.4) is 0 Å². The number of ketones is 2. The summed E-state index contributed by atoms with van der Waals surface area (Å²) >= 11 is 5.87. The van der Waals surface area contributed by atoms with Crippen molar-refractivity contribution in [2.24, 2.45) is 5.92 Å². The molecule has 1 aromatic rings. The summed E-state index contributed by atoms with van der Waals surface area (Å²) in [5.41, 5.74) is -0.201. The van der Waals surface area contributed by atoms with Gasteiger partial charge >= 0.3 is 0 Å². The molecule has 3 rings (SSSR count). The minimum absolute atomic E-state index is 0.175. The van der Waals surface area contributed by atoms with Crippen molar-refractivity contribution in [1.29, 1.82) is 0 Å². The summed E-state index contributed by atoms with van der Waals surface area (Å²) in [6, 6.07) is 2.40. The van der Waals surface area contributed by atoms with Crippen LogP contribution in [0.2, 0.25) is 5.02 Å². The van der Waals surface area contributed by atoms with Crippen molar-refractivity contribution in [1.82, 2.24) is 4.72 Å². The molecule has 2 fully saturated rings. The Bertz CT molecular complexity index is 863. The number of Topliss-reactive ketones (excluding diaryl/α,β-unsaturated/α-hetero) is 2. The predicted octanol–water partition coefficient (Wildman–Crippen LogP) is 3.13. The van der Waals surface area contributed by atoms with Crippen molar-refractivity contribution in [3.05, 3.63) is 34.1 Å². The molecule has 0 unspecified atom stereocenters. The van der Waals surface area contributed by atoms with Crippen LogP contribution in [0.25, 0.3) is 0 Å². The number of hydrogen-bond acceptors (Lipinski definition) is 5. The molecule has 1 aliphatic carbocycles. The third kappa shape index (κ3) is 4.97. The predicted molar refractivity (Wildman–Crippen MR) is 103 cm³/mol. The van der Waals surface area contributed by atoms with Gasteiger partial charge in [-0.05, 0) is 30.9 Å². The molecule has 1 saturated heterocycles. The zero-order valence-electron chi connectivity index (χ0n) is 15.4. The third-order valence-corrected chi connectivity index (χ3v) is 7.56. The van der Waals surface area contributed by atoms with Crippen LogP contribution in [-0.4, -0.2) is 45.0 Å². The van der Waals surface area contributed by atoms with Gasteiger partial charge in [0.25, 0.3) is 0 Å². The minimum Gasteiger partial charge on any atom is -0.381 e. The molecular weight excluding hydrogens is 409 g/mol. The number of benzene rings is 1. The van der Waals surface area contributed by atoms with E-state index in [2.05, 4.69) is 4.72 Å². The smallest absolute Gasteiger partial charge is 0.215 e. The normalized spacial score (nSPS) is 18.6. The number of halogens is 2. The van der Waals surface area contributed by atoms with E-state index in [0.717, 1.165) is 19.3 Å². The Balaban J connectivity index is 1.70. The minimum atomic E-state index is -3.72. The van der Waals surface area contributed by atoms with Gasteiger partial charge in [0.15, 0.2) is 17.4 Å². The van der Waals surface area contributed by atoms with E-state index >= 15 is 0 Å². The van der Waals surface area contributed by atoms with Crippen molar-refractivity contribution in [3.63, 3.8) is 0 Å². The fourth-order valence-corrected chi connectivity index (χ4v) is 5.00. The van der Waals surface area contributed by atoms with Crippen molar-refractivity contribution < 1.29 is 27.1 Å². The lowest BCUT2D eigenvalue weighted by Gasteiger charge is -2.24. The molecule has 0 aromatic heterocycles. The number of carbonyl (C=O) groups excluding carboxylic acids is 2. The molecule has 0 atom stereocenters. The van der Waals surface area contributed by atoms with Crippen molar-refractivity contribution in [2.45, 2.75) is 43.8 Å². The summed E-state index contributed by atoms with van der Waals surface area (Å²) in [6.07, 6.45) is 4.09. The molecule has 1 aromatic carbocycles. The topological polar surface area (TPSA) is 89.5 Å². The zero-order chi connectivity index (χ0) is 20.3. The molecule has 0 amide bonds. The molecule has 0 bridgehead atoms. The molecular formula is C19H23ClFNO5S. The Morgan fingerprint density at radius 2 is 1.82 bits per heavy atom. The van der Waals surface area contributed by atoms with E-state index in [-0.39, 0.29) is 21.9 Å². The Kier molecular flexibility index (Phi) is 6.85. The maximum absolute atomic E-state index is 14.4. The Morgan fingerprint density at radius 1 is 1.14 bits per heavy atom. The average Bonchev–Trinajstić information content (AvgIpc) is 2.65. The van der Waals surface area contributed by atoms with Crippen LogP contribution in [0.4, 0.5) is 4.39 Å². The number of hydrogen-bond donors (Lipinski definition) is 1. The van der Waals surface area contributed by atoms with Crippen LogP contribution in [0.5, 0.6) is 0 Å². The first-order chi connectivity index (χ1) is 13.3. The molecule has 1 saturated carbocycles. The second-order valence-electron chi connectivity index (χ2n) is 7.34. The number of carbonyl (C=O) groups is 2. The lowest BCUT2D eigenvalue weighted by atomic mass is 9.81. The maximum atomic E-state index is 14.4. The van der Waals surface area contributed by atoms with Gasteiger partial charge in [0, 0.05) is 25.2 Å². The Labute approximate surface area is 168 Å². The van der Waals surface area contributed by atoms with Gasteiger partial charge in [0.1, 0.15) is 0 Å². The van der Waals surface area contributed by atoms with Gasteiger partial charge < -0.3 is 4.74 Å². The highest BCUT2D eigenvalue weighted by molar-refractivity contribution is 7.90. The second-order valence-corrected chi connectivity index (χ2v) is 9.80. The van der Waals surface area contributed by atoms with Gasteiger partial charge in [-0.3, -0.25) is 9.59 Å². The number of rotatable bonds is 8. The zero-order valence-corrected chi connectivity index (χ0v) is 17.0. The first-order valence-corrected chi connectivity index (χ1v) is 11.3. The molecule has 0 spiro atoms. The van der Waals surface area contributed by atoms with Gasteiger partial charge in [0.05, 0.1) is 22.4 Å². The quantitative estimate of drug-likeness (QED) is 0.638. The van der Waals surface area contributed by atoms with Crippen LogP contribution in [0, 0.1) is 11.7 Å². The van der Waals surface area contributed by atoms with E-state index in [4.69, 9.17) is 16.3 Å². The Morgan fingerprint density at radius 3 is 2.43 bits per heavy atom. The molecule has 1 aliphatic heterocycles. The van der Waals surface area contributed by atoms with E-state index in [9.17, 15) is 22.4 Å². The van der Waals surface area contributed by atoms with Gasteiger partial charge in [-0.2, -0.15) is 0 Å². The fourth-order valence-electron chi connectivity index (χ4n) is 3.40. The van der Waals surface area contributed by atoms with Crippen LogP contribution < -0.4 is 4.72 Å². The van der Waals surface area contributed by atoms with E-state index < -0.39 is 33.4 Å². The summed E-state index contributed by atoms with van der Waals surface area (Å²) in [4.78, 5) is 24.8. The van der Waals surface area contributed by atoms with E-state index in [0.29, 0.717) is 38.4 Å². The van der Waals surface area contributed by atoms with Gasteiger partial charge in [-0.1, -0.05) is 30.9 Å². The van der Waals surface area contributed by atoms with E-state index in [1.54, 1.807) is 0 Å². The van der Waals surface area contributed by atoms with E-state index in [1.807, 2.05) is 0 Å². The van der Waals surface area contributed by atoms with Crippen molar-refractivity contribution in [2.75, 3.05) is 19.8 Å². The molecule has 6 nitrogen and oxygen atoms in total. The summed E-state index contributed by atoms with van der Waals surface area (Å²) in [6.45, 7) is 0.0943. The monoisotopic (exact) mass is 431 g/mol. The first kappa shape index (κ1) is 21.4. The van der Waals surface area contributed by atoms with Gasteiger partial charge in [-0.15, -0.1) is 0 Å².